The molecule has 8 aromatic carbocycles. The van der Waals surface area contributed by atoms with Gasteiger partial charge in [0.05, 0.1) is 11.0 Å². The lowest BCUT2D eigenvalue weighted by molar-refractivity contribution is 0.977. The van der Waals surface area contributed by atoms with Crippen LogP contribution in [0.2, 0.25) is 0 Å². The van der Waals surface area contributed by atoms with Crippen molar-refractivity contribution < 1.29 is 0 Å². The Hall–Kier alpha value is -7.95. The normalized spacial score (nSPS) is 12.5. The minimum atomic E-state index is 0.651. The number of fused-ring (bicyclic) bond motifs is 3. The van der Waals surface area contributed by atoms with Crippen LogP contribution in [0.1, 0.15) is 18.7 Å². The Bertz CT molecular complexity index is 3290. The first-order valence-corrected chi connectivity index (χ1v) is 20.9. The molecular formula is C57H40N4. The van der Waals surface area contributed by atoms with Gasteiger partial charge in [-0.25, -0.2) is 15.0 Å². The van der Waals surface area contributed by atoms with Gasteiger partial charge in [0.25, 0.3) is 0 Å². The molecule has 61 heavy (non-hydrogen) atoms. The number of rotatable bonds is 8. The van der Waals surface area contributed by atoms with Crippen molar-refractivity contribution in [1.29, 1.82) is 0 Å². The van der Waals surface area contributed by atoms with Gasteiger partial charge in [-0.1, -0.05) is 176 Å². The van der Waals surface area contributed by atoms with Crippen LogP contribution in [0.3, 0.4) is 0 Å². The molecule has 1 aliphatic rings. The van der Waals surface area contributed by atoms with E-state index < -0.39 is 0 Å². The molecule has 0 saturated carbocycles. The highest BCUT2D eigenvalue weighted by Crippen LogP contribution is 2.43. The van der Waals surface area contributed by atoms with Crippen molar-refractivity contribution in [2.45, 2.75) is 12.8 Å². The molecule has 2 heterocycles. The highest BCUT2D eigenvalue weighted by atomic mass is 15.0. The van der Waals surface area contributed by atoms with Gasteiger partial charge in [0.2, 0.25) is 0 Å². The van der Waals surface area contributed by atoms with Crippen LogP contribution in [0.15, 0.2) is 218 Å². The van der Waals surface area contributed by atoms with E-state index >= 15 is 0 Å². The van der Waals surface area contributed by atoms with Gasteiger partial charge >= 0.3 is 0 Å². The quantitative estimate of drug-likeness (QED) is 0.154. The monoisotopic (exact) mass is 780 g/mol. The first-order valence-electron chi connectivity index (χ1n) is 20.9. The second-order valence-electron chi connectivity index (χ2n) is 15.5. The maximum Gasteiger partial charge on any atom is 0.164 e. The van der Waals surface area contributed by atoms with Gasteiger partial charge in [-0.2, -0.15) is 0 Å². The standard InChI is InChI=1S/C57H40N4/c1-5-18-39(19-6-1)43-26-15-28-45(34-43)48-37-51(46-29-16-27-44(35-46)40-20-7-2-8-21-40)54-52(38-48)50-32-13-14-33-53(50)61(54)49-31-17-30-47(36-49)57-59-55(41-22-9-3-10-23-41)58-56(60-57)42-24-11-4-12-25-42/h1-11,13-24,26-38H,12,25H2. The zero-order chi connectivity index (χ0) is 40.5. The molecule has 0 amide bonds. The highest BCUT2D eigenvalue weighted by Gasteiger charge is 2.21. The Morgan fingerprint density at radius 1 is 0.377 bits per heavy atom. The average molecular weight is 781 g/mol. The van der Waals surface area contributed by atoms with E-state index in [1.165, 1.54) is 44.2 Å². The van der Waals surface area contributed by atoms with E-state index in [2.05, 4.69) is 205 Å². The molecule has 4 heteroatoms. The maximum absolute atomic E-state index is 5.14. The second-order valence-corrected chi connectivity index (χ2v) is 15.5. The molecule has 288 valence electrons. The minimum Gasteiger partial charge on any atom is -0.309 e. The highest BCUT2D eigenvalue weighted by molar-refractivity contribution is 6.15. The fraction of sp³-hybridized carbons (Fsp3) is 0.0351. The zero-order valence-electron chi connectivity index (χ0n) is 33.5. The molecule has 0 N–H and O–H groups in total. The van der Waals surface area contributed by atoms with E-state index in [1.54, 1.807) is 0 Å². The first kappa shape index (κ1) is 36.2. The Labute approximate surface area is 355 Å². The number of allylic oxidation sites excluding steroid dienone is 4. The van der Waals surface area contributed by atoms with Crippen LogP contribution in [0, 0.1) is 0 Å². The number of para-hydroxylation sites is 1. The smallest absolute Gasteiger partial charge is 0.164 e. The van der Waals surface area contributed by atoms with E-state index in [-0.39, 0.29) is 0 Å². The number of aromatic nitrogens is 4. The molecular weight excluding hydrogens is 741 g/mol. The fourth-order valence-corrected chi connectivity index (χ4v) is 8.70. The Morgan fingerprint density at radius 2 is 0.918 bits per heavy atom. The van der Waals surface area contributed by atoms with E-state index in [1.807, 2.05) is 18.2 Å². The molecule has 0 spiro atoms. The largest absolute Gasteiger partial charge is 0.309 e. The Kier molecular flexibility index (Phi) is 9.29. The van der Waals surface area contributed by atoms with Gasteiger partial charge in [-0.15, -0.1) is 0 Å². The Balaban J connectivity index is 1.14. The number of hydrogen-bond acceptors (Lipinski definition) is 3. The van der Waals surface area contributed by atoms with Crippen LogP contribution in [0.5, 0.6) is 0 Å². The van der Waals surface area contributed by atoms with Gasteiger partial charge < -0.3 is 4.57 Å². The summed E-state index contributed by atoms with van der Waals surface area (Å²) in [6.07, 6.45) is 8.28. The third kappa shape index (κ3) is 6.94. The van der Waals surface area contributed by atoms with Crippen LogP contribution in [0.4, 0.5) is 0 Å². The van der Waals surface area contributed by atoms with Crippen molar-refractivity contribution in [2.75, 3.05) is 0 Å². The minimum absolute atomic E-state index is 0.651. The van der Waals surface area contributed by atoms with E-state index in [0.29, 0.717) is 11.6 Å². The second kappa shape index (κ2) is 15.7. The van der Waals surface area contributed by atoms with E-state index in [4.69, 9.17) is 15.0 Å². The van der Waals surface area contributed by atoms with Crippen LogP contribution in [-0.2, 0) is 0 Å². The molecule has 4 nitrogen and oxygen atoms in total. The van der Waals surface area contributed by atoms with Crippen LogP contribution in [-0.4, -0.2) is 19.5 Å². The maximum atomic E-state index is 5.14. The third-order valence-electron chi connectivity index (χ3n) is 11.7. The van der Waals surface area contributed by atoms with Crippen LogP contribution >= 0.6 is 0 Å². The van der Waals surface area contributed by atoms with Crippen molar-refractivity contribution in [1.82, 2.24) is 19.5 Å². The Morgan fingerprint density at radius 3 is 1.61 bits per heavy atom. The summed E-state index contributed by atoms with van der Waals surface area (Å²) in [5, 5.41) is 2.38. The molecule has 10 aromatic rings. The third-order valence-corrected chi connectivity index (χ3v) is 11.7. The molecule has 2 aromatic heterocycles. The summed E-state index contributed by atoms with van der Waals surface area (Å²) in [5.41, 5.74) is 15.7. The van der Waals surface area contributed by atoms with E-state index in [9.17, 15) is 0 Å². The molecule has 0 radical (unpaired) electrons. The summed E-state index contributed by atoms with van der Waals surface area (Å²) in [4.78, 5) is 15.3. The first-order chi connectivity index (χ1) is 30.2. The van der Waals surface area contributed by atoms with Crippen LogP contribution < -0.4 is 0 Å². The number of nitrogens with zero attached hydrogens (tertiary/aromatic N) is 4. The summed E-state index contributed by atoms with van der Waals surface area (Å²) in [6, 6.07) is 71.5. The zero-order valence-corrected chi connectivity index (χ0v) is 33.5. The fourth-order valence-electron chi connectivity index (χ4n) is 8.70. The van der Waals surface area contributed by atoms with Gasteiger partial charge in [0.1, 0.15) is 0 Å². The predicted octanol–water partition coefficient (Wildman–Crippen LogP) is 14.7. The summed E-state index contributed by atoms with van der Waals surface area (Å²) in [6.45, 7) is 0. The molecule has 1 aliphatic carbocycles. The average Bonchev–Trinajstić information content (AvgIpc) is 3.69. The molecule has 0 fully saturated rings. The van der Waals surface area contributed by atoms with Crippen molar-refractivity contribution in [3.63, 3.8) is 0 Å². The molecule has 0 aliphatic heterocycles. The summed E-state index contributed by atoms with van der Waals surface area (Å²) >= 11 is 0. The molecule has 0 unspecified atom stereocenters. The SMILES string of the molecule is C1=CCCC(c2nc(-c3ccccc3)nc(-c3cccc(-n4c5ccccc5c5cc(-c6cccc(-c7ccccc7)c6)cc(-c6cccc(-c7ccccc7)c6)c54)c3)n2)=C1. The number of hydrogen-bond donors (Lipinski definition) is 0. The summed E-state index contributed by atoms with van der Waals surface area (Å²) in [7, 11) is 0. The van der Waals surface area contributed by atoms with Crippen molar-refractivity contribution in [3.8, 4) is 73.0 Å². The number of benzene rings is 8. The van der Waals surface area contributed by atoms with Gasteiger partial charge in [-0.3, -0.25) is 0 Å². The molecule has 0 bridgehead atoms. The van der Waals surface area contributed by atoms with Crippen molar-refractivity contribution in [2.24, 2.45) is 0 Å². The molecule has 11 rings (SSSR count). The van der Waals surface area contributed by atoms with Gasteiger partial charge in [0.15, 0.2) is 17.5 Å². The molecule has 0 saturated heterocycles. The van der Waals surface area contributed by atoms with E-state index in [0.717, 1.165) is 63.2 Å². The van der Waals surface area contributed by atoms with Crippen molar-refractivity contribution >= 4 is 27.4 Å². The predicted molar refractivity (Wildman–Crippen MR) is 253 cm³/mol. The summed E-state index contributed by atoms with van der Waals surface area (Å²) in [5.74, 6) is 2.04. The van der Waals surface area contributed by atoms with Gasteiger partial charge in [0, 0.05) is 33.2 Å². The van der Waals surface area contributed by atoms with Crippen LogP contribution in [0.25, 0.3) is 100 Å². The lowest BCUT2D eigenvalue weighted by Gasteiger charge is -2.16. The lowest BCUT2D eigenvalue weighted by Crippen LogP contribution is -2.04. The van der Waals surface area contributed by atoms with Gasteiger partial charge in [-0.05, 0) is 99.8 Å². The summed E-state index contributed by atoms with van der Waals surface area (Å²) < 4.78 is 2.43. The molecule has 0 atom stereocenters. The van der Waals surface area contributed by atoms with Crippen molar-refractivity contribution in [3.05, 3.63) is 224 Å². The lowest BCUT2D eigenvalue weighted by atomic mass is 9.92. The topological polar surface area (TPSA) is 43.6 Å².